The summed E-state index contributed by atoms with van der Waals surface area (Å²) >= 11 is 0. The van der Waals surface area contributed by atoms with Gasteiger partial charge in [-0.1, -0.05) is 6.92 Å². The lowest BCUT2D eigenvalue weighted by Crippen LogP contribution is -2.28. The molecule has 0 saturated heterocycles. The van der Waals surface area contributed by atoms with E-state index in [0.717, 1.165) is 6.54 Å². The molecule has 0 aliphatic heterocycles. The molecule has 0 aromatic carbocycles. The number of rotatable bonds is 0. The quantitative estimate of drug-likeness (QED) is 0.616. The first-order chi connectivity index (χ1) is 5.57. The van der Waals surface area contributed by atoms with Gasteiger partial charge in [-0.05, 0) is 6.54 Å². The van der Waals surface area contributed by atoms with E-state index < -0.39 is 21.7 Å². The molecule has 0 atom stereocenters. The van der Waals surface area contributed by atoms with Crippen LogP contribution in [0.1, 0.15) is 6.92 Å². The fourth-order valence-electron chi connectivity index (χ4n) is 0.131. The van der Waals surface area contributed by atoms with Gasteiger partial charge in [0.2, 0.25) is 0 Å². The average Bonchev–Trinajstić information content (AvgIpc) is 1.84. The first kappa shape index (κ1) is 15.2. The molecule has 13 heavy (non-hydrogen) atoms. The van der Waals surface area contributed by atoms with Crippen molar-refractivity contribution in [3.05, 3.63) is 0 Å². The minimum Gasteiger partial charge on any atom is -0.331 e. The van der Waals surface area contributed by atoms with Crippen molar-refractivity contribution in [3.8, 4) is 0 Å². The molecule has 0 spiro atoms. The summed E-state index contributed by atoms with van der Waals surface area (Å²) < 4.78 is 72.0. The molecule has 0 bridgehead atoms. The maximum atomic E-state index is 11.0. The van der Waals surface area contributed by atoms with Crippen molar-refractivity contribution in [1.82, 2.24) is 0 Å². The summed E-state index contributed by atoms with van der Waals surface area (Å²) in [6, 6.07) is 0. The second-order valence-electron chi connectivity index (χ2n) is 1.61. The highest BCUT2D eigenvalue weighted by molar-refractivity contribution is 7.87. The standard InChI is InChI=1S/C2HF6NS.C2H7N/c3-1(4,5)10(9)2(6,7)8;1-2-3/h9H;2-3H2,1H3. The van der Waals surface area contributed by atoms with E-state index in [1.54, 1.807) is 0 Å². The van der Waals surface area contributed by atoms with Crippen LogP contribution >= 0.6 is 0 Å². The van der Waals surface area contributed by atoms with Crippen LogP contribution in [0.3, 0.4) is 0 Å². The minimum absolute atomic E-state index is 0.750. The Hall–Kier alpha value is -0.310. The Bertz CT molecular complexity index is 145. The molecule has 0 aromatic rings. The van der Waals surface area contributed by atoms with Gasteiger partial charge in [-0.15, -0.1) is 0 Å². The Morgan fingerprint density at radius 3 is 1.23 bits per heavy atom. The molecule has 0 aliphatic rings. The third-order valence-corrected chi connectivity index (χ3v) is 1.39. The first-order valence-corrected chi connectivity index (χ1v) is 4.09. The van der Waals surface area contributed by atoms with Gasteiger partial charge in [-0.2, -0.15) is 26.3 Å². The lowest BCUT2D eigenvalue weighted by Gasteiger charge is -2.11. The van der Waals surface area contributed by atoms with Gasteiger partial charge >= 0.3 is 11.0 Å². The summed E-state index contributed by atoms with van der Waals surface area (Å²) in [5.41, 5.74) is -6.13. The van der Waals surface area contributed by atoms with Gasteiger partial charge in [-0.25, -0.2) is 0 Å². The lowest BCUT2D eigenvalue weighted by molar-refractivity contribution is -0.0754. The molecule has 9 heteroatoms. The zero-order chi connectivity index (χ0) is 11.3. The maximum absolute atomic E-state index is 11.0. The summed E-state index contributed by atoms with van der Waals surface area (Å²) in [5, 5.41) is 0. The molecule has 0 amide bonds. The molecule has 0 unspecified atom stereocenters. The van der Waals surface area contributed by atoms with Crippen molar-refractivity contribution in [2.24, 2.45) is 5.73 Å². The Kier molecular flexibility index (Phi) is 6.33. The van der Waals surface area contributed by atoms with Gasteiger partial charge in [0.05, 0.1) is 0 Å². The number of nitrogens with one attached hydrogen (secondary N) is 1. The highest BCUT2D eigenvalue weighted by Gasteiger charge is 2.50. The maximum Gasteiger partial charge on any atom is 0.460 e. The highest BCUT2D eigenvalue weighted by Crippen LogP contribution is 2.33. The van der Waals surface area contributed by atoms with E-state index in [9.17, 15) is 26.3 Å². The van der Waals surface area contributed by atoms with Gasteiger partial charge in [0.15, 0.2) is 0 Å². The average molecular weight is 230 g/mol. The minimum atomic E-state index is -5.49. The summed E-state index contributed by atoms with van der Waals surface area (Å²) in [6.07, 6.45) is 0. The number of hydrogen-bond donors (Lipinski definition) is 2. The van der Waals surface area contributed by atoms with Crippen LogP contribution in [-0.2, 0) is 10.7 Å². The predicted octanol–water partition coefficient (Wildman–Crippen LogP) is 2.37. The normalized spacial score (nSPS) is 12.4. The van der Waals surface area contributed by atoms with E-state index in [4.69, 9.17) is 10.5 Å². The third-order valence-electron chi connectivity index (χ3n) is 0.463. The van der Waals surface area contributed by atoms with Crippen molar-refractivity contribution in [2.45, 2.75) is 17.9 Å². The van der Waals surface area contributed by atoms with Gasteiger partial charge in [0.25, 0.3) is 0 Å². The molecule has 0 aliphatic carbocycles. The predicted molar refractivity (Wildman–Crippen MR) is 36.9 cm³/mol. The summed E-state index contributed by atoms with van der Waals surface area (Å²) in [5.74, 6) is 0. The lowest BCUT2D eigenvalue weighted by atomic mass is 10.8. The fraction of sp³-hybridized carbons (Fsp3) is 1.00. The number of alkyl halides is 6. The second kappa shape index (κ2) is 5.43. The zero-order valence-electron chi connectivity index (χ0n) is 6.46. The Labute approximate surface area is 73.0 Å². The van der Waals surface area contributed by atoms with Gasteiger partial charge in [-0.3, -0.25) is 4.78 Å². The third kappa shape index (κ3) is 8.03. The van der Waals surface area contributed by atoms with Crippen LogP contribution in [0.4, 0.5) is 26.3 Å². The molecule has 0 rings (SSSR count). The van der Waals surface area contributed by atoms with Gasteiger partial charge < -0.3 is 5.73 Å². The van der Waals surface area contributed by atoms with E-state index >= 15 is 0 Å². The van der Waals surface area contributed by atoms with Crippen LogP contribution in [0.15, 0.2) is 0 Å². The molecular weight excluding hydrogens is 222 g/mol. The van der Waals surface area contributed by atoms with Gasteiger partial charge in [0, 0.05) is 0 Å². The summed E-state index contributed by atoms with van der Waals surface area (Å²) in [7, 11) is -4.25. The highest BCUT2D eigenvalue weighted by atomic mass is 32.2. The molecule has 0 aromatic heterocycles. The Morgan fingerprint density at radius 2 is 1.23 bits per heavy atom. The smallest absolute Gasteiger partial charge is 0.331 e. The van der Waals surface area contributed by atoms with Crippen molar-refractivity contribution >= 4 is 10.7 Å². The second-order valence-corrected chi connectivity index (χ2v) is 3.14. The van der Waals surface area contributed by atoms with Crippen LogP contribution in [0.5, 0.6) is 0 Å². The van der Waals surface area contributed by atoms with Crippen molar-refractivity contribution in [1.29, 1.82) is 4.78 Å². The van der Waals surface area contributed by atoms with E-state index in [1.807, 2.05) is 6.92 Å². The van der Waals surface area contributed by atoms with Crippen molar-refractivity contribution < 1.29 is 26.3 Å². The Balaban J connectivity index is 0. The largest absolute Gasteiger partial charge is 0.460 e. The summed E-state index contributed by atoms with van der Waals surface area (Å²) in [4.78, 5) is 0. The van der Waals surface area contributed by atoms with Crippen molar-refractivity contribution in [2.75, 3.05) is 6.54 Å². The van der Waals surface area contributed by atoms with E-state index in [2.05, 4.69) is 0 Å². The molecule has 3 N–H and O–H groups in total. The van der Waals surface area contributed by atoms with Crippen LogP contribution in [0.25, 0.3) is 0 Å². The van der Waals surface area contributed by atoms with E-state index in [0.29, 0.717) is 0 Å². The molecule has 0 heterocycles. The number of halogens is 6. The Morgan fingerprint density at radius 1 is 1.08 bits per heavy atom. The van der Waals surface area contributed by atoms with Gasteiger partial charge in [0.1, 0.15) is 10.7 Å². The topological polar surface area (TPSA) is 49.9 Å². The summed E-state index contributed by atoms with van der Waals surface area (Å²) in [6.45, 7) is 2.65. The molecule has 2 nitrogen and oxygen atoms in total. The fourth-order valence-corrected chi connectivity index (χ4v) is 0.394. The molecular formula is C4H8F6N2S. The van der Waals surface area contributed by atoms with Crippen LogP contribution in [-0.4, -0.2) is 17.6 Å². The monoisotopic (exact) mass is 230 g/mol. The molecule has 82 valence electrons. The van der Waals surface area contributed by atoms with E-state index in [-0.39, 0.29) is 0 Å². The van der Waals surface area contributed by atoms with Crippen LogP contribution in [0, 0.1) is 4.78 Å². The van der Waals surface area contributed by atoms with E-state index in [1.165, 1.54) is 0 Å². The van der Waals surface area contributed by atoms with Crippen molar-refractivity contribution in [3.63, 3.8) is 0 Å². The number of nitrogens with two attached hydrogens (primary N) is 1. The van der Waals surface area contributed by atoms with Crippen LogP contribution < -0.4 is 5.73 Å². The SMILES string of the molecule is CCN.N=S(C(F)(F)F)C(F)(F)F. The first-order valence-electron chi connectivity index (χ1n) is 2.86. The molecule has 0 saturated carbocycles. The van der Waals surface area contributed by atoms with Crippen LogP contribution in [0.2, 0.25) is 0 Å². The zero-order valence-corrected chi connectivity index (χ0v) is 7.28. The molecule has 0 fully saturated rings. The number of hydrogen-bond acceptors (Lipinski definition) is 2. The molecule has 0 radical (unpaired) electrons.